The van der Waals surface area contributed by atoms with Gasteiger partial charge in [-0.25, -0.2) is 0 Å². The minimum absolute atomic E-state index is 0.0245. The SMILES string of the molecule is CN(/C=C(/C#N)C(=O)Nc1ccc(Br)cc1)c1ccc(O)cc1. The molecule has 2 N–H and O–H groups in total. The second kappa shape index (κ2) is 7.47. The molecule has 0 atom stereocenters. The number of phenolic OH excluding ortho intramolecular Hbond substituents is 1. The molecule has 0 spiro atoms. The van der Waals surface area contributed by atoms with Gasteiger partial charge in [-0.2, -0.15) is 5.26 Å². The molecule has 6 heteroatoms. The van der Waals surface area contributed by atoms with Crippen LogP contribution in [-0.2, 0) is 4.79 Å². The maximum absolute atomic E-state index is 12.2. The number of aromatic hydroxyl groups is 1. The number of nitrogens with one attached hydrogen (secondary N) is 1. The van der Waals surface area contributed by atoms with Crippen LogP contribution in [-0.4, -0.2) is 18.1 Å². The van der Waals surface area contributed by atoms with Crippen LogP contribution in [0.25, 0.3) is 0 Å². The molecular formula is C17H14BrN3O2. The van der Waals surface area contributed by atoms with E-state index in [1.165, 1.54) is 18.3 Å². The van der Waals surface area contributed by atoms with Gasteiger partial charge in [0.15, 0.2) is 0 Å². The van der Waals surface area contributed by atoms with Crippen molar-refractivity contribution in [2.45, 2.75) is 0 Å². The van der Waals surface area contributed by atoms with Gasteiger partial charge < -0.3 is 15.3 Å². The first-order valence-electron chi connectivity index (χ1n) is 6.70. The summed E-state index contributed by atoms with van der Waals surface area (Å²) in [4.78, 5) is 13.8. The summed E-state index contributed by atoms with van der Waals surface area (Å²) in [5.41, 5.74) is 1.32. The van der Waals surface area contributed by atoms with Crippen molar-refractivity contribution in [3.8, 4) is 11.8 Å². The lowest BCUT2D eigenvalue weighted by Crippen LogP contribution is -2.17. The normalized spacial score (nSPS) is 10.7. The van der Waals surface area contributed by atoms with E-state index in [1.807, 2.05) is 6.07 Å². The zero-order chi connectivity index (χ0) is 16.8. The van der Waals surface area contributed by atoms with Gasteiger partial charge in [0.25, 0.3) is 5.91 Å². The molecule has 0 heterocycles. The van der Waals surface area contributed by atoms with E-state index in [1.54, 1.807) is 48.3 Å². The first-order valence-corrected chi connectivity index (χ1v) is 7.49. The minimum atomic E-state index is -0.486. The summed E-state index contributed by atoms with van der Waals surface area (Å²) in [6, 6.07) is 15.4. The predicted molar refractivity (Wildman–Crippen MR) is 93.0 cm³/mol. The molecule has 2 rings (SSSR count). The molecule has 0 aliphatic carbocycles. The second-order valence-electron chi connectivity index (χ2n) is 4.74. The van der Waals surface area contributed by atoms with Gasteiger partial charge in [0.05, 0.1) is 0 Å². The van der Waals surface area contributed by atoms with Crippen LogP contribution >= 0.6 is 15.9 Å². The lowest BCUT2D eigenvalue weighted by atomic mass is 10.2. The van der Waals surface area contributed by atoms with Crippen LogP contribution in [0.1, 0.15) is 0 Å². The molecule has 0 aromatic heterocycles. The molecule has 0 radical (unpaired) electrons. The Balaban J connectivity index is 2.14. The highest BCUT2D eigenvalue weighted by Gasteiger charge is 2.11. The molecule has 116 valence electrons. The van der Waals surface area contributed by atoms with Gasteiger partial charge in [0.2, 0.25) is 0 Å². The zero-order valence-corrected chi connectivity index (χ0v) is 13.9. The van der Waals surface area contributed by atoms with E-state index in [2.05, 4.69) is 21.2 Å². The second-order valence-corrected chi connectivity index (χ2v) is 5.66. The van der Waals surface area contributed by atoms with Crippen LogP contribution in [0.5, 0.6) is 5.75 Å². The summed E-state index contributed by atoms with van der Waals surface area (Å²) < 4.78 is 0.901. The molecule has 0 aliphatic heterocycles. The topological polar surface area (TPSA) is 76.4 Å². The Bertz CT molecular complexity index is 762. The number of benzene rings is 2. The Labute approximate surface area is 142 Å². The van der Waals surface area contributed by atoms with Gasteiger partial charge >= 0.3 is 0 Å². The maximum Gasteiger partial charge on any atom is 0.267 e. The molecule has 5 nitrogen and oxygen atoms in total. The summed E-state index contributed by atoms with van der Waals surface area (Å²) in [6.07, 6.45) is 1.45. The van der Waals surface area contributed by atoms with Crippen molar-refractivity contribution in [2.24, 2.45) is 0 Å². The minimum Gasteiger partial charge on any atom is -0.508 e. The number of carbonyl (C=O) groups excluding carboxylic acids is 1. The summed E-state index contributed by atoms with van der Waals surface area (Å²) in [5, 5.41) is 21.2. The first kappa shape index (κ1) is 16.6. The third-order valence-corrected chi connectivity index (χ3v) is 3.58. The molecule has 0 fully saturated rings. The Morgan fingerprint density at radius 3 is 2.39 bits per heavy atom. The highest BCUT2D eigenvalue weighted by atomic mass is 79.9. The van der Waals surface area contributed by atoms with E-state index < -0.39 is 5.91 Å². The van der Waals surface area contributed by atoms with Crippen LogP contribution in [0.15, 0.2) is 64.8 Å². The molecule has 2 aromatic rings. The Hall–Kier alpha value is -2.78. The zero-order valence-electron chi connectivity index (χ0n) is 12.3. The molecule has 0 aliphatic rings. The van der Waals surface area contributed by atoms with Gasteiger partial charge in [-0.05, 0) is 48.5 Å². The number of nitriles is 1. The van der Waals surface area contributed by atoms with Crippen molar-refractivity contribution in [1.29, 1.82) is 5.26 Å². The molecule has 0 saturated heterocycles. The number of phenols is 1. The fraction of sp³-hybridized carbons (Fsp3) is 0.0588. The Morgan fingerprint density at radius 1 is 1.22 bits per heavy atom. The molecular weight excluding hydrogens is 358 g/mol. The molecule has 0 bridgehead atoms. The number of anilines is 2. The lowest BCUT2D eigenvalue weighted by Gasteiger charge is -2.15. The third kappa shape index (κ3) is 4.59. The molecule has 1 amide bonds. The average molecular weight is 372 g/mol. The third-order valence-electron chi connectivity index (χ3n) is 3.05. The predicted octanol–water partition coefficient (Wildman–Crippen LogP) is 3.64. The van der Waals surface area contributed by atoms with Crippen LogP contribution < -0.4 is 10.2 Å². The summed E-state index contributed by atoms with van der Waals surface area (Å²) >= 11 is 3.32. The van der Waals surface area contributed by atoms with Crippen molar-refractivity contribution in [1.82, 2.24) is 0 Å². The van der Waals surface area contributed by atoms with Crippen molar-refractivity contribution >= 4 is 33.2 Å². The van der Waals surface area contributed by atoms with E-state index in [0.29, 0.717) is 5.69 Å². The number of halogens is 1. The Morgan fingerprint density at radius 2 is 1.83 bits per heavy atom. The fourth-order valence-electron chi connectivity index (χ4n) is 1.83. The van der Waals surface area contributed by atoms with Crippen LogP contribution in [0.4, 0.5) is 11.4 Å². The smallest absolute Gasteiger partial charge is 0.267 e. The number of hydrogen-bond donors (Lipinski definition) is 2. The van der Waals surface area contributed by atoms with Gasteiger partial charge in [-0.15, -0.1) is 0 Å². The molecule has 2 aromatic carbocycles. The van der Waals surface area contributed by atoms with Crippen LogP contribution in [0.3, 0.4) is 0 Å². The van der Waals surface area contributed by atoms with Crippen LogP contribution in [0, 0.1) is 11.3 Å². The van der Waals surface area contributed by atoms with E-state index in [-0.39, 0.29) is 11.3 Å². The number of nitrogens with zero attached hydrogens (tertiary/aromatic N) is 2. The number of carbonyl (C=O) groups is 1. The van der Waals surface area contributed by atoms with Crippen LogP contribution in [0.2, 0.25) is 0 Å². The van der Waals surface area contributed by atoms with Gasteiger partial charge in [0, 0.05) is 29.1 Å². The quantitative estimate of drug-likeness (QED) is 0.635. The van der Waals surface area contributed by atoms with Crippen molar-refractivity contribution < 1.29 is 9.90 Å². The summed E-state index contributed by atoms with van der Waals surface area (Å²) in [5.74, 6) is -0.333. The standard InChI is InChI=1S/C17H14BrN3O2/c1-21(15-6-8-16(22)9-7-15)11-12(10-19)17(23)20-14-4-2-13(18)3-5-14/h2-9,11,22H,1H3,(H,20,23)/b12-11-. The van der Waals surface area contributed by atoms with Gasteiger partial charge in [-0.1, -0.05) is 15.9 Å². The molecule has 23 heavy (non-hydrogen) atoms. The number of rotatable bonds is 4. The molecule has 0 unspecified atom stereocenters. The lowest BCUT2D eigenvalue weighted by molar-refractivity contribution is -0.112. The van der Waals surface area contributed by atoms with Gasteiger partial charge in [-0.3, -0.25) is 4.79 Å². The first-order chi connectivity index (χ1) is 11.0. The van der Waals surface area contributed by atoms with Crippen molar-refractivity contribution in [3.63, 3.8) is 0 Å². The fourth-order valence-corrected chi connectivity index (χ4v) is 2.09. The van der Waals surface area contributed by atoms with Crippen molar-refractivity contribution in [3.05, 3.63) is 64.8 Å². The number of hydrogen-bond acceptors (Lipinski definition) is 4. The van der Waals surface area contributed by atoms with E-state index >= 15 is 0 Å². The maximum atomic E-state index is 12.2. The Kier molecular flexibility index (Phi) is 5.39. The van der Waals surface area contributed by atoms with E-state index in [0.717, 1.165) is 10.2 Å². The number of amides is 1. The van der Waals surface area contributed by atoms with Gasteiger partial charge in [0.1, 0.15) is 17.4 Å². The summed E-state index contributed by atoms with van der Waals surface area (Å²) in [7, 11) is 1.72. The van der Waals surface area contributed by atoms with E-state index in [4.69, 9.17) is 0 Å². The van der Waals surface area contributed by atoms with Crippen molar-refractivity contribution in [2.75, 3.05) is 17.3 Å². The highest BCUT2D eigenvalue weighted by Crippen LogP contribution is 2.19. The summed E-state index contributed by atoms with van der Waals surface area (Å²) in [6.45, 7) is 0. The highest BCUT2D eigenvalue weighted by molar-refractivity contribution is 9.10. The monoisotopic (exact) mass is 371 g/mol. The molecule has 0 saturated carbocycles. The van der Waals surface area contributed by atoms with E-state index in [9.17, 15) is 15.2 Å². The largest absolute Gasteiger partial charge is 0.508 e. The average Bonchev–Trinajstić information content (AvgIpc) is 2.55.